The van der Waals surface area contributed by atoms with Gasteiger partial charge in [0.15, 0.2) is 0 Å². The number of hydrogen-bond donors (Lipinski definition) is 2. The van der Waals surface area contributed by atoms with Crippen molar-refractivity contribution in [3.63, 3.8) is 0 Å². The van der Waals surface area contributed by atoms with Gasteiger partial charge < -0.3 is 15.6 Å². The van der Waals surface area contributed by atoms with E-state index in [9.17, 15) is 4.79 Å². The molecule has 0 atom stereocenters. The van der Waals surface area contributed by atoms with Crippen LogP contribution in [0.1, 0.15) is 80.7 Å². The van der Waals surface area contributed by atoms with Crippen LogP contribution in [0.15, 0.2) is 59.5 Å². The molecule has 2 aromatic rings. The number of ether oxygens (including phenoxy) is 1. The van der Waals surface area contributed by atoms with Gasteiger partial charge in [-0.15, -0.1) is 0 Å². The molecule has 0 unspecified atom stereocenters. The SMILES string of the molecule is CC.CC.CC.CC(N)=O.CO.COc1ccc(SN(CCCCc2ccccc2)CC(C)C)cc1. The molecule has 2 aromatic carbocycles. The molecule has 0 fully saturated rings. The molecular formula is C30H56N2O3S. The van der Waals surface area contributed by atoms with E-state index in [-0.39, 0.29) is 5.91 Å². The Kier molecular flexibility index (Phi) is 37.7. The number of aliphatic hydroxyl groups excluding tert-OH is 1. The van der Waals surface area contributed by atoms with E-state index in [0.717, 1.165) is 25.9 Å². The summed E-state index contributed by atoms with van der Waals surface area (Å²) in [4.78, 5) is 10.5. The highest BCUT2D eigenvalue weighted by molar-refractivity contribution is 7.97. The van der Waals surface area contributed by atoms with E-state index in [1.165, 1.54) is 36.6 Å². The minimum atomic E-state index is -0.333. The smallest absolute Gasteiger partial charge is 0.214 e. The van der Waals surface area contributed by atoms with E-state index in [0.29, 0.717) is 5.92 Å². The first-order valence-electron chi connectivity index (χ1n) is 13.2. The zero-order valence-corrected chi connectivity index (χ0v) is 25.8. The third-order valence-corrected chi connectivity index (χ3v) is 4.90. The van der Waals surface area contributed by atoms with Crippen LogP contribution in [0.25, 0.3) is 0 Å². The molecule has 0 aliphatic carbocycles. The average Bonchev–Trinajstić information content (AvgIpc) is 2.91. The number of carbonyl (C=O) groups excluding carboxylic acids is 1. The van der Waals surface area contributed by atoms with Crippen molar-refractivity contribution in [3.8, 4) is 5.75 Å². The van der Waals surface area contributed by atoms with Crippen LogP contribution in [-0.2, 0) is 11.2 Å². The fraction of sp³-hybridized carbons (Fsp3) is 0.567. The van der Waals surface area contributed by atoms with Gasteiger partial charge in [-0.3, -0.25) is 4.79 Å². The topological polar surface area (TPSA) is 75.8 Å². The summed E-state index contributed by atoms with van der Waals surface area (Å²) in [7, 11) is 2.71. The highest BCUT2D eigenvalue weighted by atomic mass is 32.2. The van der Waals surface area contributed by atoms with Crippen LogP contribution in [0, 0.1) is 5.92 Å². The van der Waals surface area contributed by atoms with Crippen molar-refractivity contribution in [2.45, 2.75) is 86.5 Å². The lowest BCUT2D eigenvalue weighted by atomic mass is 10.1. The Morgan fingerprint density at radius 1 is 0.917 bits per heavy atom. The zero-order valence-electron chi connectivity index (χ0n) is 25.0. The maximum Gasteiger partial charge on any atom is 0.214 e. The summed E-state index contributed by atoms with van der Waals surface area (Å²) in [6.07, 6.45) is 3.64. The molecule has 36 heavy (non-hydrogen) atoms. The normalized spacial score (nSPS) is 8.83. The molecule has 6 heteroatoms. The summed E-state index contributed by atoms with van der Waals surface area (Å²) < 4.78 is 7.73. The number of aliphatic hydroxyl groups is 1. The fourth-order valence-electron chi connectivity index (χ4n) is 2.63. The molecule has 0 aliphatic rings. The Bertz CT molecular complexity index is 662. The quantitative estimate of drug-likeness (QED) is 0.244. The van der Waals surface area contributed by atoms with E-state index in [2.05, 4.69) is 66.4 Å². The molecule has 0 radical (unpaired) electrons. The van der Waals surface area contributed by atoms with Crippen molar-refractivity contribution < 1.29 is 14.6 Å². The van der Waals surface area contributed by atoms with Crippen LogP contribution < -0.4 is 10.5 Å². The zero-order chi connectivity index (χ0) is 28.8. The molecule has 0 aromatic heterocycles. The maximum absolute atomic E-state index is 9.22. The second-order valence-corrected chi connectivity index (χ2v) is 8.27. The number of nitrogens with zero attached hydrogens (tertiary/aromatic N) is 1. The summed E-state index contributed by atoms with van der Waals surface area (Å²) in [5.41, 5.74) is 5.91. The van der Waals surface area contributed by atoms with Crippen molar-refractivity contribution in [1.82, 2.24) is 4.31 Å². The van der Waals surface area contributed by atoms with Gasteiger partial charge in [-0.1, -0.05) is 85.7 Å². The summed E-state index contributed by atoms with van der Waals surface area (Å²) >= 11 is 1.86. The predicted octanol–water partition coefficient (Wildman–Crippen LogP) is 7.86. The lowest BCUT2D eigenvalue weighted by Crippen LogP contribution is -2.22. The van der Waals surface area contributed by atoms with E-state index in [4.69, 9.17) is 9.84 Å². The molecule has 5 nitrogen and oxygen atoms in total. The Labute approximate surface area is 228 Å². The van der Waals surface area contributed by atoms with E-state index < -0.39 is 0 Å². The summed E-state index contributed by atoms with van der Waals surface area (Å²) in [6.45, 7) is 20.1. The van der Waals surface area contributed by atoms with Gasteiger partial charge in [0.25, 0.3) is 0 Å². The van der Waals surface area contributed by atoms with Gasteiger partial charge >= 0.3 is 0 Å². The lowest BCUT2D eigenvalue weighted by Gasteiger charge is -2.23. The Morgan fingerprint density at radius 2 is 1.39 bits per heavy atom. The van der Waals surface area contributed by atoms with Crippen molar-refractivity contribution in [1.29, 1.82) is 0 Å². The van der Waals surface area contributed by atoms with Gasteiger partial charge in [-0.25, -0.2) is 4.31 Å². The van der Waals surface area contributed by atoms with Crippen LogP contribution in [0.2, 0.25) is 0 Å². The third-order valence-electron chi connectivity index (χ3n) is 3.83. The van der Waals surface area contributed by atoms with Gasteiger partial charge in [-0.05, 0) is 67.0 Å². The molecule has 0 saturated carbocycles. The Hall–Kier alpha value is -2.02. The van der Waals surface area contributed by atoms with Gasteiger partial charge in [0.05, 0.1) is 7.11 Å². The Balaban J connectivity index is -0.000000367. The summed E-state index contributed by atoms with van der Waals surface area (Å²) in [6, 6.07) is 19.1. The number of benzene rings is 2. The Morgan fingerprint density at radius 3 is 1.81 bits per heavy atom. The number of methoxy groups -OCH3 is 1. The number of primary amides is 1. The lowest BCUT2D eigenvalue weighted by molar-refractivity contribution is -0.115. The molecule has 210 valence electrons. The van der Waals surface area contributed by atoms with E-state index >= 15 is 0 Å². The molecule has 0 heterocycles. The van der Waals surface area contributed by atoms with Crippen LogP contribution in [0.4, 0.5) is 0 Å². The molecule has 2 rings (SSSR count). The maximum atomic E-state index is 9.22. The minimum absolute atomic E-state index is 0.333. The predicted molar refractivity (Wildman–Crippen MR) is 162 cm³/mol. The molecule has 0 aliphatic heterocycles. The molecule has 3 N–H and O–H groups in total. The molecule has 1 amide bonds. The summed E-state index contributed by atoms with van der Waals surface area (Å²) in [5.74, 6) is 1.25. The first-order valence-corrected chi connectivity index (χ1v) is 14.0. The number of nitrogens with two attached hydrogens (primary N) is 1. The number of hydrogen-bond acceptors (Lipinski definition) is 5. The second-order valence-electron chi connectivity index (χ2n) is 7.10. The molecular weight excluding hydrogens is 468 g/mol. The highest BCUT2D eigenvalue weighted by Gasteiger charge is 2.09. The van der Waals surface area contributed by atoms with Gasteiger partial charge in [0, 0.05) is 32.0 Å². The molecule has 0 saturated heterocycles. The number of unbranched alkanes of at least 4 members (excludes halogenated alkanes) is 1. The van der Waals surface area contributed by atoms with Crippen molar-refractivity contribution in [3.05, 3.63) is 60.2 Å². The van der Waals surface area contributed by atoms with Gasteiger partial charge in [0.1, 0.15) is 5.75 Å². The minimum Gasteiger partial charge on any atom is -0.497 e. The average molecular weight is 525 g/mol. The fourth-order valence-corrected chi connectivity index (χ4v) is 3.78. The first-order chi connectivity index (χ1) is 17.4. The molecule has 0 bridgehead atoms. The standard InChI is InChI=1S/C21H29NOS.C2H5NO.3C2H6.CH4O/c1-18(2)17-22(24-21-14-12-20(23-3)13-15-21)16-8-7-11-19-9-5-4-6-10-19;1-2(3)4;4*1-2/h4-6,9-10,12-15,18H,7-8,11,16-17H2,1-3H3;1H3,(H2,3,4);3*1-2H3;2H,1H3. The second kappa shape index (κ2) is 33.0. The monoisotopic (exact) mass is 524 g/mol. The molecule has 0 spiro atoms. The number of carbonyl (C=O) groups is 1. The van der Waals surface area contributed by atoms with Crippen molar-refractivity contribution >= 4 is 17.9 Å². The highest BCUT2D eigenvalue weighted by Crippen LogP contribution is 2.26. The third kappa shape index (κ3) is 28.2. The van der Waals surface area contributed by atoms with Crippen LogP contribution >= 0.6 is 11.9 Å². The van der Waals surface area contributed by atoms with Crippen LogP contribution in [0.3, 0.4) is 0 Å². The number of rotatable bonds is 10. The van der Waals surface area contributed by atoms with Crippen molar-refractivity contribution in [2.24, 2.45) is 11.7 Å². The van der Waals surface area contributed by atoms with Crippen LogP contribution in [0.5, 0.6) is 5.75 Å². The largest absolute Gasteiger partial charge is 0.497 e. The van der Waals surface area contributed by atoms with Gasteiger partial charge in [-0.2, -0.15) is 0 Å². The summed E-state index contributed by atoms with van der Waals surface area (Å²) in [5, 5.41) is 7.00. The van der Waals surface area contributed by atoms with E-state index in [1.54, 1.807) is 7.11 Å². The van der Waals surface area contributed by atoms with Crippen LogP contribution in [-0.4, -0.2) is 42.6 Å². The van der Waals surface area contributed by atoms with Crippen molar-refractivity contribution in [2.75, 3.05) is 27.3 Å². The number of aryl methyl sites for hydroxylation is 1. The number of amides is 1. The van der Waals surface area contributed by atoms with E-state index in [1.807, 2.05) is 65.6 Å². The van der Waals surface area contributed by atoms with Gasteiger partial charge in [0.2, 0.25) is 5.91 Å². The first kappa shape index (κ1) is 41.1.